The maximum Gasteiger partial charge on any atom is 0.280 e. The van der Waals surface area contributed by atoms with Crippen molar-refractivity contribution in [3.05, 3.63) is 65.2 Å². The summed E-state index contributed by atoms with van der Waals surface area (Å²) in [6.07, 6.45) is 0. The first kappa shape index (κ1) is 23.0. The van der Waals surface area contributed by atoms with E-state index in [0.29, 0.717) is 0 Å². The average Bonchev–Trinajstić information content (AvgIpc) is 2.76. The number of amides is 2. The fraction of sp³-hybridized carbons (Fsp3) is 0.440. The number of aryl methyl sites for hydroxylation is 2. The number of benzene rings is 2. The maximum atomic E-state index is 13.0. The summed E-state index contributed by atoms with van der Waals surface area (Å²) in [7, 11) is 1.92. The van der Waals surface area contributed by atoms with Crippen molar-refractivity contribution in [2.75, 3.05) is 45.1 Å². The van der Waals surface area contributed by atoms with Crippen molar-refractivity contribution in [1.29, 1.82) is 0 Å². The Morgan fingerprint density at radius 1 is 1.10 bits per heavy atom. The first-order valence-corrected chi connectivity index (χ1v) is 11.2. The van der Waals surface area contributed by atoms with E-state index in [9.17, 15) is 9.59 Å². The zero-order valence-electron chi connectivity index (χ0n) is 19.2. The molecule has 3 rings (SSSR count). The van der Waals surface area contributed by atoms with E-state index in [1.54, 1.807) is 0 Å². The number of carbonyl (C=O) groups excluding carboxylic acids is 2. The average molecular weight is 425 g/mol. The molecule has 31 heavy (non-hydrogen) atoms. The Balaban J connectivity index is 1.47. The zero-order chi connectivity index (χ0) is 22.4. The number of hydrogen-bond acceptors (Lipinski definition) is 2. The summed E-state index contributed by atoms with van der Waals surface area (Å²) < 4.78 is 0. The Labute approximate surface area is 185 Å². The standard InChI is InChI=1S/C25H34N4O2/c1-19-10-11-20(2)23(16-19)26-24(30)18-27(4)21(3)25(31)29-14-12-28(13-15-29)17-22-8-6-5-7-9-22/h5-11,16,21H,12-15,17-18H2,1-4H3,(H,26,30)/p+2/t21-/m0/s1. The minimum atomic E-state index is -0.250. The molecule has 0 saturated carbocycles. The van der Waals surface area contributed by atoms with Gasteiger partial charge in [-0.15, -0.1) is 0 Å². The van der Waals surface area contributed by atoms with E-state index in [0.717, 1.165) is 54.4 Å². The highest BCUT2D eigenvalue weighted by molar-refractivity contribution is 5.92. The van der Waals surface area contributed by atoms with Crippen LogP contribution in [0.3, 0.4) is 0 Å². The van der Waals surface area contributed by atoms with Gasteiger partial charge in [0.15, 0.2) is 12.6 Å². The molecule has 1 fully saturated rings. The van der Waals surface area contributed by atoms with Crippen LogP contribution in [0, 0.1) is 13.8 Å². The molecule has 0 bridgehead atoms. The summed E-state index contributed by atoms with van der Waals surface area (Å²) in [5, 5.41) is 3.00. The third kappa shape index (κ3) is 6.39. The van der Waals surface area contributed by atoms with Crippen LogP contribution in [0.1, 0.15) is 23.6 Å². The Morgan fingerprint density at radius 3 is 2.45 bits per heavy atom. The van der Waals surface area contributed by atoms with E-state index >= 15 is 0 Å². The number of nitrogens with zero attached hydrogens (tertiary/aromatic N) is 1. The Hall–Kier alpha value is -2.70. The number of anilines is 1. The first-order valence-electron chi connectivity index (χ1n) is 11.2. The van der Waals surface area contributed by atoms with Gasteiger partial charge in [-0.25, -0.2) is 0 Å². The van der Waals surface area contributed by atoms with Crippen molar-refractivity contribution < 1.29 is 19.4 Å². The number of carbonyl (C=O) groups is 2. The van der Waals surface area contributed by atoms with E-state index in [4.69, 9.17) is 0 Å². The molecule has 0 radical (unpaired) electrons. The van der Waals surface area contributed by atoms with Crippen LogP contribution in [0.15, 0.2) is 48.5 Å². The Morgan fingerprint density at radius 2 is 1.77 bits per heavy atom. The molecule has 2 atom stereocenters. The third-order valence-corrected chi connectivity index (χ3v) is 6.30. The lowest BCUT2D eigenvalue weighted by Gasteiger charge is -2.34. The van der Waals surface area contributed by atoms with Crippen molar-refractivity contribution in [2.24, 2.45) is 0 Å². The minimum Gasteiger partial charge on any atom is -0.328 e. The topological polar surface area (TPSA) is 58.3 Å². The van der Waals surface area contributed by atoms with Gasteiger partial charge in [0.25, 0.3) is 11.8 Å². The Bertz CT molecular complexity index is 892. The molecule has 6 nitrogen and oxygen atoms in total. The van der Waals surface area contributed by atoms with Crippen molar-refractivity contribution in [3.8, 4) is 0 Å². The predicted octanol–water partition coefficient (Wildman–Crippen LogP) is 0.0724. The Kier molecular flexibility index (Phi) is 7.82. The molecule has 2 aromatic carbocycles. The van der Waals surface area contributed by atoms with Gasteiger partial charge in [-0.05, 0) is 38.0 Å². The monoisotopic (exact) mass is 424 g/mol. The van der Waals surface area contributed by atoms with Gasteiger partial charge in [0.2, 0.25) is 0 Å². The highest BCUT2D eigenvalue weighted by Gasteiger charge is 2.31. The van der Waals surface area contributed by atoms with Crippen LogP contribution < -0.4 is 15.1 Å². The van der Waals surface area contributed by atoms with E-state index < -0.39 is 0 Å². The van der Waals surface area contributed by atoms with Crippen molar-refractivity contribution >= 4 is 17.5 Å². The van der Waals surface area contributed by atoms with Gasteiger partial charge in [0.05, 0.1) is 33.2 Å². The molecule has 3 N–H and O–H groups in total. The summed E-state index contributed by atoms with van der Waals surface area (Å²) in [5.41, 5.74) is 4.33. The lowest BCUT2D eigenvalue weighted by molar-refractivity contribution is -0.918. The van der Waals surface area contributed by atoms with E-state index in [1.807, 2.05) is 57.0 Å². The normalized spacial score (nSPS) is 16.6. The molecule has 2 amide bonds. The van der Waals surface area contributed by atoms with E-state index in [2.05, 4.69) is 29.6 Å². The SMILES string of the molecule is Cc1ccc(C)c(NC(=O)C[NH+](C)[C@@H](C)C(=O)N2CC[NH+](Cc3ccccc3)CC2)c1. The van der Waals surface area contributed by atoms with Gasteiger partial charge in [0.1, 0.15) is 6.54 Å². The van der Waals surface area contributed by atoms with Crippen LogP contribution in [-0.2, 0) is 16.1 Å². The number of hydrogen-bond donors (Lipinski definition) is 3. The molecule has 6 heteroatoms. The van der Waals surface area contributed by atoms with Crippen molar-refractivity contribution in [1.82, 2.24) is 4.90 Å². The largest absolute Gasteiger partial charge is 0.328 e. The van der Waals surface area contributed by atoms with Crippen LogP contribution in [0.2, 0.25) is 0 Å². The number of nitrogens with one attached hydrogen (secondary N) is 3. The van der Waals surface area contributed by atoms with Crippen molar-refractivity contribution in [3.63, 3.8) is 0 Å². The molecule has 1 aliphatic heterocycles. The molecule has 1 heterocycles. The molecule has 0 spiro atoms. The van der Waals surface area contributed by atoms with Gasteiger partial charge < -0.3 is 20.0 Å². The van der Waals surface area contributed by atoms with Crippen LogP contribution in [0.4, 0.5) is 5.69 Å². The third-order valence-electron chi connectivity index (χ3n) is 6.30. The fourth-order valence-corrected chi connectivity index (χ4v) is 4.06. The molecule has 1 aliphatic rings. The molecular weight excluding hydrogens is 388 g/mol. The number of rotatable bonds is 7. The molecule has 1 saturated heterocycles. The zero-order valence-corrected chi connectivity index (χ0v) is 19.2. The summed E-state index contributed by atoms with van der Waals surface area (Å²) in [5.74, 6) is 0.0683. The summed E-state index contributed by atoms with van der Waals surface area (Å²) in [6.45, 7) is 10.6. The number of quaternary nitrogens is 2. The molecule has 1 unspecified atom stereocenters. The van der Waals surface area contributed by atoms with Crippen LogP contribution in [0.5, 0.6) is 0 Å². The van der Waals surface area contributed by atoms with Gasteiger partial charge in [-0.3, -0.25) is 9.59 Å². The minimum absolute atomic E-state index is 0.0667. The highest BCUT2D eigenvalue weighted by atomic mass is 16.2. The number of likely N-dealkylation sites (N-methyl/N-ethyl adjacent to an activating group) is 1. The second kappa shape index (κ2) is 10.6. The molecular formula is C25H36N4O2+2. The van der Waals surface area contributed by atoms with Gasteiger partial charge >= 0.3 is 0 Å². The van der Waals surface area contributed by atoms with E-state index in [1.165, 1.54) is 10.5 Å². The summed E-state index contributed by atoms with van der Waals surface area (Å²) in [4.78, 5) is 29.9. The quantitative estimate of drug-likeness (QED) is 0.589. The van der Waals surface area contributed by atoms with Crippen molar-refractivity contribution in [2.45, 2.75) is 33.4 Å². The summed E-state index contributed by atoms with van der Waals surface area (Å²) in [6, 6.07) is 16.3. The fourth-order valence-electron chi connectivity index (χ4n) is 4.06. The second-order valence-corrected chi connectivity index (χ2v) is 8.85. The lowest BCUT2D eigenvalue weighted by atomic mass is 10.1. The predicted molar refractivity (Wildman–Crippen MR) is 123 cm³/mol. The van der Waals surface area contributed by atoms with Crippen LogP contribution in [0.25, 0.3) is 0 Å². The van der Waals surface area contributed by atoms with Crippen LogP contribution >= 0.6 is 0 Å². The van der Waals surface area contributed by atoms with Gasteiger partial charge in [-0.1, -0.05) is 42.5 Å². The molecule has 0 aliphatic carbocycles. The van der Waals surface area contributed by atoms with Gasteiger partial charge in [0, 0.05) is 11.3 Å². The second-order valence-electron chi connectivity index (χ2n) is 8.85. The van der Waals surface area contributed by atoms with E-state index in [-0.39, 0.29) is 24.4 Å². The molecule has 2 aromatic rings. The smallest absolute Gasteiger partial charge is 0.280 e. The molecule has 0 aromatic heterocycles. The van der Waals surface area contributed by atoms with Gasteiger partial charge in [-0.2, -0.15) is 0 Å². The van der Waals surface area contributed by atoms with Crippen LogP contribution in [-0.4, -0.2) is 62.5 Å². The highest BCUT2D eigenvalue weighted by Crippen LogP contribution is 2.15. The first-order chi connectivity index (χ1) is 14.8. The maximum absolute atomic E-state index is 13.0. The molecule has 166 valence electrons. The number of piperazine rings is 1. The lowest BCUT2D eigenvalue weighted by Crippen LogP contribution is -3.16. The summed E-state index contributed by atoms with van der Waals surface area (Å²) >= 11 is 0.